The molecule has 1 aromatic carbocycles. The van der Waals surface area contributed by atoms with Gasteiger partial charge in [0.2, 0.25) is 10.0 Å². The summed E-state index contributed by atoms with van der Waals surface area (Å²) in [5.41, 5.74) is 0.696. The molecule has 4 nitrogen and oxygen atoms in total. The van der Waals surface area contributed by atoms with E-state index in [0.717, 1.165) is 4.70 Å². The highest BCUT2D eigenvalue weighted by molar-refractivity contribution is 7.94. The Bertz CT molecular complexity index is 624. The maximum absolute atomic E-state index is 11.2. The first-order valence-corrected chi connectivity index (χ1v) is 7.51. The highest BCUT2D eigenvalue weighted by atomic mass is 35.5. The van der Waals surface area contributed by atoms with Crippen LogP contribution in [0.5, 0.6) is 0 Å². The van der Waals surface area contributed by atoms with Crippen LogP contribution >= 0.6 is 34.5 Å². The number of nitrogens with zero attached hydrogens (tertiary/aromatic N) is 1. The summed E-state index contributed by atoms with van der Waals surface area (Å²) >= 11 is 12.3. The molecule has 0 aliphatic heterocycles. The fraction of sp³-hybridized carbons (Fsp3) is 0.125. The number of halogens is 2. The molecule has 1 heterocycles. The largest absolute Gasteiger partial charge is 0.258 e. The van der Waals surface area contributed by atoms with Crippen molar-refractivity contribution >= 4 is 59.9 Å². The number of alkyl halides is 1. The number of sulfonamides is 1. The maximum atomic E-state index is 11.2. The molecule has 0 aliphatic rings. The highest BCUT2D eigenvalue weighted by Crippen LogP contribution is 2.28. The molecular formula is C8H6Cl2N2O2S2. The van der Waals surface area contributed by atoms with Gasteiger partial charge in [0.15, 0.2) is 5.13 Å². The molecule has 0 atom stereocenters. The van der Waals surface area contributed by atoms with Gasteiger partial charge in [-0.15, -0.1) is 11.6 Å². The van der Waals surface area contributed by atoms with E-state index in [1.807, 2.05) is 0 Å². The van der Waals surface area contributed by atoms with Gasteiger partial charge in [0.1, 0.15) is 5.21 Å². The minimum Gasteiger partial charge on any atom is -0.258 e. The second-order valence-electron chi connectivity index (χ2n) is 2.96. The van der Waals surface area contributed by atoms with Crippen LogP contribution in [0.15, 0.2) is 18.2 Å². The topological polar surface area (TPSA) is 59.1 Å². The highest BCUT2D eigenvalue weighted by Gasteiger charge is 2.11. The lowest BCUT2D eigenvalue weighted by atomic mass is 10.3. The van der Waals surface area contributed by atoms with Crippen LogP contribution in [0.1, 0.15) is 0 Å². The van der Waals surface area contributed by atoms with E-state index in [1.165, 1.54) is 11.3 Å². The Labute approximate surface area is 106 Å². The van der Waals surface area contributed by atoms with Crippen molar-refractivity contribution in [3.05, 3.63) is 23.2 Å². The molecule has 0 saturated heterocycles. The van der Waals surface area contributed by atoms with E-state index >= 15 is 0 Å². The third-order valence-corrected chi connectivity index (χ3v) is 4.69. The van der Waals surface area contributed by atoms with E-state index < -0.39 is 15.2 Å². The second kappa shape index (κ2) is 4.37. The number of anilines is 1. The zero-order valence-corrected chi connectivity index (χ0v) is 10.9. The summed E-state index contributed by atoms with van der Waals surface area (Å²) in [4.78, 5) is 4.10. The lowest BCUT2D eigenvalue weighted by molar-refractivity contribution is 0.605. The fourth-order valence-corrected chi connectivity index (χ4v) is 3.17. The number of fused-ring (bicyclic) bond motifs is 1. The number of hydrogen-bond acceptors (Lipinski definition) is 4. The Morgan fingerprint density at radius 2 is 2.19 bits per heavy atom. The van der Waals surface area contributed by atoms with E-state index in [1.54, 1.807) is 18.2 Å². The zero-order valence-electron chi connectivity index (χ0n) is 7.78. The van der Waals surface area contributed by atoms with Crippen LogP contribution in [0.25, 0.3) is 10.2 Å². The average molecular weight is 297 g/mol. The van der Waals surface area contributed by atoms with Gasteiger partial charge in [0, 0.05) is 5.02 Å². The Morgan fingerprint density at radius 3 is 2.88 bits per heavy atom. The van der Waals surface area contributed by atoms with Crippen molar-refractivity contribution in [2.45, 2.75) is 0 Å². The normalized spacial score (nSPS) is 11.9. The molecule has 2 rings (SSSR count). The molecular weight excluding hydrogens is 291 g/mol. The summed E-state index contributed by atoms with van der Waals surface area (Å²) in [6, 6.07) is 5.16. The lowest BCUT2D eigenvalue weighted by Crippen LogP contribution is -2.12. The van der Waals surface area contributed by atoms with Gasteiger partial charge in [-0.2, -0.15) is 0 Å². The summed E-state index contributed by atoms with van der Waals surface area (Å²) in [6.07, 6.45) is 0. The van der Waals surface area contributed by atoms with Gasteiger partial charge in [-0.25, -0.2) is 13.4 Å². The number of benzene rings is 1. The predicted molar refractivity (Wildman–Crippen MR) is 67.9 cm³/mol. The Balaban J connectivity index is 2.40. The molecule has 16 heavy (non-hydrogen) atoms. The van der Waals surface area contributed by atoms with Gasteiger partial charge >= 0.3 is 0 Å². The number of aromatic nitrogens is 1. The number of hydrogen-bond donors (Lipinski definition) is 1. The van der Waals surface area contributed by atoms with E-state index in [-0.39, 0.29) is 5.13 Å². The summed E-state index contributed by atoms with van der Waals surface area (Å²) in [6.45, 7) is 0. The molecule has 0 radical (unpaired) electrons. The number of rotatable bonds is 3. The third kappa shape index (κ3) is 2.57. The van der Waals surface area contributed by atoms with Crippen LogP contribution in [0.4, 0.5) is 5.13 Å². The molecule has 0 spiro atoms. The summed E-state index contributed by atoms with van der Waals surface area (Å²) in [5, 5.41) is 0.379. The maximum Gasteiger partial charge on any atom is 0.248 e. The predicted octanol–water partition coefficient (Wildman–Crippen LogP) is 2.89. The van der Waals surface area contributed by atoms with Crippen LogP contribution in [-0.2, 0) is 10.0 Å². The fourth-order valence-electron chi connectivity index (χ4n) is 1.10. The van der Waals surface area contributed by atoms with Crippen molar-refractivity contribution in [1.82, 2.24) is 4.98 Å². The minimum absolute atomic E-state index is 0.290. The van der Waals surface area contributed by atoms with Crippen molar-refractivity contribution in [3.8, 4) is 0 Å². The molecule has 0 amide bonds. The van der Waals surface area contributed by atoms with Crippen LogP contribution in [0.2, 0.25) is 5.02 Å². The van der Waals surface area contributed by atoms with Crippen LogP contribution in [0, 0.1) is 0 Å². The summed E-state index contributed by atoms with van der Waals surface area (Å²) < 4.78 is 25.5. The number of thiazole rings is 1. The average Bonchev–Trinajstić information content (AvgIpc) is 2.58. The summed E-state index contributed by atoms with van der Waals surface area (Å²) in [5.74, 6) is 0. The Morgan fingerprint density at radius 1 is 1.44 bits per heavy atom. The smallest absolute Gasteiger partial charge is 0.248 e. The van der Waals surface area contributed by atoms with Gasteiger partial charge in [-0.05, 0) is 18.2 Å². The Hall–Kier alpha value is -0.560. The van der Waals surface area contributed by atoms with Crippen molar-refractivity contribution in [2.75, 3.05) is 9.93 Å². The molecule has 2 aromatic rings. The molecule has 1 N–H and O–H groups in total. The van der Waals surface area contributed by atoms with Crippen molar-refractivity contribution < 1.29 is 8.42 Å². The van der Waals surface area contributed by atoms with E-state index in [0.29, 0.717) is 10.5 Å². The van der Waals surface area contributed by atoms with E-state index in [4.69, 9.17) is 23.2 Å². The first-order valence-electron chi connectivity index (χ1n) is 4.13. The molecule has 0 fully saturated rings. The monoisotopic (exact) mass is 296 g/mol. The quantitative estimate of drug-likeness (QED) is 0.886. The lowest BCUT2D eigenvalue weighted by Gasteiger charge is -1.98. The zero-order chi connectivity index (χ0) is 11.8. The summed E-state index contributed by atoms with van der Waals surface area (Å²) in [7, 11) is -3.50. The van der Waals surface area contributed by atoms with Gasteiger partial charge in [-0.3, -0.25) is 4.72 Å². The van der Waals surface area contributed by atoms with Gasteiger partial charge < -0.3 is 0 Å². The molecule has 0 saturated carbocycles. The first-order chi connectivity index (χ1) is 7.50. The molecule has 1 aromatic heterocycles. The molecule has 8 heteroatoms. The van der Waals surface area contributed by atoms with E-state index in [2.05, 4.69) is 9.71 Å². The third-order valence-electron chi connectivity index (χ3n) is 1.74. The minimum atomic E-state index is -3.50. The van der Waals surface area contributed by atoms with Crippen molar-refractivity contribution in [3.63, 3.8) is 0 Å². The molecule has 0 unspecified atom stereocenters. The standard InChI is InChI=1S/C8H6Cl2N2O2S2/c9-4-16(13,14)12-8-11-6-2-1-5(10)3-7(6)15-8/h1-3H,4H2,(H,11,12). The first kappa shape index (κ1) is 11.9. The van der Waals surface area contributed by atoms with Gasteiger partial charge in [0.05, 0.1) is 10.2 Å². The second-order valence-corrected chi connectivity index (χ2v) is 6.73. The number of nitrogens with one attached hydrogen (secondary N) is 1. The van der Waals surface area contributed by atoms with E-state index in [9.17, 15) is 8.42 Å². The molecule has 0 bridgehead atoms. The van der Waals surface area contributed by atoms with Crippen LogP contribution < -0.4 is 4.72 Å². The van der Waals surface area contributed by atoms with Crippen LogP contribution in [0.3, 0.4) is 0 Å². The SMILES string of the molecule is O=S(=O)(CCl)Nc1nc2ccc(Cl)cc2s1. The van der Waals surface area contributed by atoms with Gasteiger partial charge in [0.25, 0.3) is 0 Å². The van der Waals surface area contributed by atoms with Crippen molar-refractivity contribution in [2.24, 2.45) is 0 Å². The van der Waals surface area contributed by atoms with Crippen molar-refractivity contribution in [1.29, 1.82) is 0 Å². The van der Waals surface area contributed by atoms with Crippen LogP contribution in [-0.4, -0.2) is 18.6 Å². The molecule has 0 aliphatic carbocycles. The Kier molecular flexibility index (Phi) is 3.25. The molecule has 86 valence electrons. The van der Waals surface area contributed by atoms with Gasteiger partial charge in [-0.1, -0.05) is 22.9 Å².